The van der Waals surface area contributed by atoms with E-state index < -0.39 is 0 Å². The lowest BCUT2D eigenvalue weighted by molar-refractivity contribution is -0.135. The van der Waals surface area contributed by atoms with Gasteiger partial charge in [-0.1, -0.05) is 76.3 Å². The first-order valence-corrected chi connectivity index (χ1v) is 12.1. The molecule has 1 rings (SSSR count). The van der Waals surface area contributed by atoms with Crippen LogP contribution in [0.25, 0.3) is 0 Å². The van der Waals surface area contributed by atoms with Crippen LogP contribution in [0, 0.1) is 6.92 Å². The van der Waals surface area contributed by atoms with E-state index in [0.29, 0.717) is 24.5 Å². The number of hydrogen-bond donors (Lipinski definition) is 1. The largest absolute Gasteiger partial charge is 0.360 e. The third-order valence-corrected chi connectivity index (χ3v) is 5.39. The minimum absolute atomic E-state index is 0.0383. The lowest BCUT2D eigenvalue weighted by Crippen LogP contribution is -2.41. The Morgan fingerprint density at radius 2 is 1.52 bits per heavy atom. The Morgan fingerprint density at radius 1 is 0.935 bits per heavy atom. The van der Waals surface area contributed by atoms with Gasteiger partial charge in [0.25, 0.3) is 0 Å². The monoisotopic (exact) mass is 436 g/mol. The Bertz CT molecular complexity index is 616. The van der Waals surface area contributed by atoms with Crippen molar-refractivity contribution in [3.05, 3.63) is 11.8 Å². The first-order valence-electron chi connectivity index (χ1n) is 12.1. The van der Waals surface area contributed by atoms with E-state index in [4.69, 9.17) is 4.52 Å². The smallest absolute Gasteiger partial charge is 0.245 e. The number of aryl methyl sites for hydroxylation is 1. The molecule has 0 aliphatic carbocycles. The van der Waals surface area contributed by atoms with Gasteiger partial charge in [-0.3, -0.25) is 9.59 Å². The fraction of sp³-hybridized carbons (Fsp3) is 0.792. The summed E-state index contributed by atoms with van der Waals surface area (Å²) in [6, 6.07) is 1.66. The highest BCUT2D eigenvalue weighted by Gasteiger charge is 2.18. The summed E-state index contributed by atoms with van der Waals surface area (Å²) in [5.74, 6) is 0.809. The van der Waals surface area contributed by atoms with E-state index in [1.165, 1.54) is 57.8 Å². The zero-order chi connectivity index (χ0) is 22.9. The van der Waals surface area contributed by atoms with E-state index in [-0.39, 0.29) is 18.4 Å². The maximum atomic E-state index is 12.7. The summed E-state index contributed by atoms with van der Waals surface area (Å²) in [4.78, 5) is 28.7. The number of unbranched alkanes of at least 4 members (excludes halogenated alkanes) is 10. The van der Waals surface area contributed by atoms with Crippen molar-refractivity contribution >= 4 is 17.6 Å². The zero-order valence-corrected chi connectivity index (χ0v) is 20.3. The van der Waals surface area contributed by atoms with Crippen molar-refractivity contribution < 1.29 is 14.1 Å². The maximum absolute atomic E-state index is 12.7. The zero-order valence-electron chi connectivity index (χ0n) is 20.3. The van der Waals surface area contributed by atoms with E-state index in [0.717, 1.165) is 19.4 Å². The van der Waals surface area contributed by atoms with Crippen LogP contribution >= 0.6 is 0 Å². The highest BCUT2D eigenvalue weighted by molar-refractivity contribution is 5.93. The predicted octanol–water partition coefficient (Wildman–Crippen LogP) is 5.01. The van der Waals surface area contributed by atoms with E-state index >= 15 is 0 Å². The van der Waals surface area contributed by atoms with Crippen molar-refractivity contribution in [1.82, 2.24) is 15.0 Å². The van der Waals surface area contributed by atoms with Gasteiger partial charge in [-0.25, -0.2) is 0 Å². The van der Waals surface area contributed by atoms with E-state index in [2.05, 4.69) is 17.4 Å². The third-order valence-electron chi connectivity index (χ3n) is 5.39. The second-order valence-electron chi connectivity index (χ2n) is 8.78. The molecule has 1 N–H and O–H groups in total. The molecule has 178 valence electrons. The van der Waals surface area contributed by atoms with Crippen LogP contribution in [0.15, 0.2) is 10.6 Å². The van der Waals surface area contributed by atoms with Gasteiger partial charge in [0, 0.05) is 25.6 Å². The van der Waals surface area contributed by atoms with E-state index in [1.807, 2.05) is 19.0 Å². The number of aromatic nitrogens is 1. The van der Waals surface area contributed by atoms with Crippen LogP contribution in [-0.4, -0.2) is 60.5 Å². The maximum Gasteiger partial charge on any atom is 0.245 e. The summed E-state index contributed by atoms with van der Waals surface area (Å²) in [6.07, 6.45) is 14.3. The molecule has 0 unspecified atom stereocenters. The topological polar surface area (TPSA) is 78.7 Å². The van der Waals surface area contributed by atoms with E-state index in [9.17, 15) is 9.59 Å². The van der Waals surface area contributed by atoms with Crippen LogP contribution in [0.4, 0.5) is 5.82 Å². The van der Waals surface area contributed by atoms with Crippen LogP contribution in [-0.2, 0) is 9.59 Å². The van der Waals surface area contributed by atoms with Gasteiger partial charge in [0.15, 0.2) is 5.82 Å². The second kappa shape index (κ2) is 16.8. The molecule has 0 atom stereocenters. The Hall–Kier alpha value is -1.89. The number of likely N-dealkylation sites (N-methyl/N-ethyl adjacent to an activating group) is 1. The van der Waals surface area contributed by atoms with Crippen LogP contribution in [0.3, 0.4) is 0 Å². The van der Waals surface area contributed by atoms with Crippen molar-refractivity contribution in [2.45, 2.75) is 90.9 Å². The van der Waals surface area contributed by atoms with Crippen LogP contribution in [0.1, 0.15) is 89.7 Å². The van der Waals surface area contributed by atoms with Crippen molar-refractivity contribution in [1.29, 1.82) is 0 Å². The number of nitrogens with one attached hydrogen (secondary N) is 1. The Balaban J connectivity index is 2.25. The minimum Gasteiger partial charge on any atom is -0.360 e. The molecular formula is C24H44N4O3. The van der Waals surface area contributed by atoms with Gasteiger partial charge >= 0.3 is 0 Å². The number of nitrogens with zero attached hydrogens (tertiary/aromatic N) is 3. The minimum atomic E-state index is -0.251. The Labute approximate surface area is 188 Å². The first-order chi connectivity index (χ1) is 14.9. The fourth-order valence-corrected chi connectivity index (χ4v) is 3.49. The summed E-state index contributed by atoms with van der Waals surface area (Å²) in [5.41, 5.74) is 0. The molecule has 0 saturated carbocycles. The molecule has 1 heterocycles. The number of amides is 2. The summed E-state index contributed by atoms with van der Waals surface area (Å²) in [5, 5.41) is 6.47. The molecule has 0 radical (unpaired) electrons. The van der Waals surface area contributed by atoms with Gasteiger partial charge in [-0.05, 0) is 27.4 Å². The molecule has 0 aromatic carbocycles. The molecule has 1 aromatic rings. The summed E-state index contributed by atoms with van der Waals surface area (Å²) in [7, 11) is 3.93. The van der Waals surface area contributed by atoms with E-state index in [1.54, 1.807) is 17.9 Å². The van der Waals surface area contributed by atoms with Gasteiger partial charge in [-0.15, -0.1) is 0 Å². The molecular weight excluding hydrogens is 392 g/mol. The lowest BCUT2D eigenvalue weighted by Gasteiger charge is -2.24. The molecule has 0 fully saturated rings. The van der Waals surface area contributed by atoms with Crippen molar-refractivity contribution in [3.63, 3.8) is 0 Å². The van der Waals surface area contributed by atoms with Gasteiger partial charge in [0.2, 0.25) is 11.8 Å². The SMILES string of the molecule is CCCCCCCCCCCCCC(=O)N(CCN(C)C)CC(=O)Nc1cc(C)on1. The van der Waals surface area contributed by atoms with Crippen molar-refractivity contribution in [3.8, 4) is 0 Å². The molecule has 7 nitrogen and oxygen atoms in total. The molecule has 31 heavy (non-hydrogen) atoms. The molecule has 7 heteroatoms. The summed E-state index contributed by atoms with van der Waals surface area (Å²) < 4.78 is 4.97. The molecule has 0 aliphatic heterocycles. The standard InChI is InChI=1S/C24H44N4O3/c1-5-6-7-8-9-10-11-12-13-14-15-16-24(30)28(18-17-27(3)4)20-23(29)25-22-19-21(2)31-26-22/h19H,5-18,20H2,1-4H3,(H,25,26,29). The van der Waals surface area contributed by atoms with Crippen LogP contribution < -0.4 is 5.32 Å². The predicted molar refractivity (Wildman–Crippen MR) is 126 cm³/mol. The van der Waals surface area contributed by atoms with Crippen molar-refractivity contribution in [2.75, 3.05) is 39.0 Å². The fourth-order valence-electron chi connectivity index (χ4n) is 3.49. The Kier molecular flexibility index (Phi) is 14.7. The van der Waals surface area contributed by atoms with Crippen LogP contribution in [0.5, 0.6) is 0 Å². The molecule has 2 amide bonds. The molecule has 0 bridgehead atoms. The third kappa shape index (κ3) is 13.9. The average molecular weight is 437 g/mol. The summed E-state index contributed by atoms with van der Waals surface area (Å²) in [6.45, 7) is 5.32. The van der Waals surface area contributed by atoms with Crippen molar-refractivity contribution in [2.24, 2.45) is 0 Å². The van der Waals surface area contributed by atoms with Gasteiger partial charge in [0.1, 0.15) is 5.76 Å². The quantitative estimate of drug-likeness (QED) is 0.327. The number of rotatable bonds is 18. The van der Waals surface area contributed by atoms with Gasteiger partial charge in [-0.2, -0.15) is 0 Å². The number of carbonyl (C=O) groups is 2. The van der Waals surface area contributed by atoms with Gasteiger partial charge < -0.3 is 19.6 Å². The highest BCUT2D eigenvalue weighted by atomic mass is 16.5. The van der Waals surface area contributed by atoms with Crippen LogP contribution in [0.2, 0.25) is 0 Å². The normalized spacial score (nSPS) is 11.1. The van der Waals surface area contributed by atoms with Gasteiger partial charge in [0.05, 0.1) is 6.54 Å². The number of anilines is 1. The Morgan fingerprint density at radius 3 is 2.03 bits per heavy atom. The average Bonchev–Trinajstić information content (AvgIpc) is 3.13. The number of hydrogen-bond acceptors (Lipinski definition) is 5. The highest BCUT2D eigenvalue weighted by Crippen LogP contribution is 2.13. The molecule has 0 aliphatic rings. The number of carbonyl (C=O) groups excluding carboxylic acids is 2. The lowest BCUT2D eigenvalue weighted by atomic mass is 10.1. The second-order valence-corrected chi connectivity index (χ2v) is 8.78. The molecule has 1 aromatic heterocycles. The molecule has 0 spiro atoms. The first kappa shape index (κ1) is 27.1. The summed E-state index contributed by atoms with van der Waals surface area (Å²) >= 11 is 0. The molecule has 0 saturated heterocycles.